The molecule has 0 aliphatic carbocycles. The van der Waals surface area contributed by atoms with Gasteiger partial charge in [-0.15, -0.1) is 0 Å². The third-order valence-electron chi connectivity index (χ3n) is 3.89. The molecule has 0 spiro atoms. The highest BCUT2D eigenvalue weighted by Crippen LogP contribution is 2.25. The average molecular weight is 311 g/mol. The Morgan fingerprint density at radius 3 is 2.39 bits per heavy atom. The fraction of sp³-hybridized carbons (Fsp3) is 0.0556. The molecule has 0 fully saturated rings. The molecule has 0 aliphatic rings. The van der Waals surface area contributed by atoms with Crippen molar-refractivity contribution >= 4 is 21.7 Å². The first-order valence-corrected chi connectivity index (χ1v) is 7.07. The summed E-state index contributed by atoms with van der Waals surface area (Å²) in [6.45, 7) is 0.151. The van der Waals surface area contributed by atoms with E-state index >= 15 is 0 Å². The van der Waals surface area contributed by atoms with E-state index in [1.165, 1.54) is 35.1 Å². The highest BCUT2D eigenvalue weighted by atomic mass is 19.1. The van der Waals surface area contributed by atoms with Crippen molar-refractivity contribution in [3.05, 3.63) is 82.5 Å². The van der Waals surface area contributed by atoms with Crippen molar-refractivity contribution in [2.75, 3.05) is 0 Å². The summed E-state index contributed by atoms with van der Waals surface area (Å²) >= 11 is 0. The molecule has 114 valence electrons. The van der Waals surface area contributed by atoms with E-state index in [9.17, 15) is 13.6 Å². The minimum atomic E-state index is -0.486. The van der Waals surface area contributed by atoms with Gasteiger partial charge in [0.2, 0.25) is 0 Å². The van der Waals surface area contributed by atoms with E-state index < -0.39 is 11.6 Å². The van der Waals surface area contributed by atoms with E-state index in [2.05, 4.69) is 0 Å². The van der Waals surface area contributed by atoms with E-state index in [0.29, 0.717) is 22.0 Å². The first-order valence-electron chi connectivity index (χ1n) is 7.07. The number of benzene rings is 2. The zero-order chi connectivity index (χ0) is 16.0. The van der Waals surface area contributed by atoms with Gasteiger partial charge in [0.1, 0.15) is 17.4 Å². The van der Waals surface area contributed by atoms with Crippen LogP contribution in [-0.4, -0.2) is 4.57 Å². The Hall–Kier alpha value is -2.95. The number of rotatable bonds is 2. The molecule has 2 heterocycles. The second-order valence-corrected chi connectivity index (χ2v) is 5.32. The standard InChI is InChI=1S/C18H11F2NO2/c19-11-3-5-14-15-6-4-12(20)9-17(15)21(18(22)16(14)8-11)10-13-2-1-7-23-13/h1-9H,10H2. The molecule has 4 aromatic rings. The van der Waals surface area contributed by atoms with Crippen LogP contribution in [0.15, 0.2) is 64.0 Å². The van der Waals surface area contributed by atoms with Crippen LogP contribution in [0.2, 0.25) is 0 Å². The molecule has 0 N–H and O–H groups in total. The lowest BCUT2D eigenvalue weighted by Gasteiger charge is -2.12. The summed E-state index contributed by atoms with van der Waals surface area (Å²) in [6.07, 6.45) is 1.50. The summed E-state index contributed by atoms with van der Waals surface area (Å²) in [4.78, 5) is 12.8. The van der Waals surface area contributed by atoms with Crippen molar-refractivity contribution in [2.24, 2.45) is 0 Å². The van der Waals surface area contributed by atoms with E-state index in [1.807, 2.05) is 0 Å². The lowest BCUT2D eigenvalue weighted by atomic mass is 10.1. The van der Waals surface area contributed by atoms with E-state index in [-0.39, 0.29) is 17.5 Å². The number of halogens is 2. The van der Waals surface area contributed by atoms with Gasteiger partial charge in [0.05, 0.1) is 23.7 Å². The summed E-state index contributed by atoms with van der Waals surface area (Å²) in [5.74, 6) is -0.361. The van der Waals surface area contributed by atoms with Gasteiger partial charge in [-0.25, -0.2) is 8.78 Å². The fourth-order valence-corrected chi connectivity index (χ4v) is 2.85. The maximum atomic E-state index is 13.7. The Morgan fingerprint density at radius 2 is 1.65 bits per heavy atom. The molecule has 2 aromatic heterocycles. The number of aromatic nitrogens is 1. The minimum absolute atomic E-state index is 0.151. The normalized spacial score (nSPS) is 11.4. The number of nitrogens with zero attached hydrogens (tertiary/aromatic N) is 1. The second-order valence-electron chi connectivity index (χ2n) is 5.32. The van der Waals surface area contributed by atoms with Crippen molar-refractivity contribution in [3.63, 3.8) is 0 Å². The van der Waals surface area contributed by atoms with Crippen LogP contribution in [0.3, 0.4) is 0 Å². The van der Waals surface area contributed by atoms with Gasteiger partial charge in [-0.05, 0) is 47.9 Å². The molecule has 0 unspecified atom stereocenters. The first kappa shape index (κ1) is 13.7. The van der Waals surface area contributed by atoms with Gasteiger partial charge in [-0.1, -0.05) is 6.07 Å². The van der Waals surface area contributed by atoms with Gasteiger partial charge in [0, 0.05) is 5.39 Å². The monoisotopic (exact) mass is 311 g/mol. The molecule has 0 atom stereocenters. The Kier molecular flexibility index (Phi) is 3.01. The molecule has 3 nitrogen and oxygen atoms in total. The summed E-state index contributed by atoms with van der Waals surface area (Å²) in [6, 6.07) is 11.7. The zero-order valence-electron chi connectivity index (χ0n) is 11.9. The molecule has 4 rings (SSSR count). The fourth-order valence-electron chi connectivity index (χ4n) is 2.85. The van der Waals surface area contributed by atoms with E-state index in [1.54, 1.807) is 24.3 Å². The Morgan fingerprint density at radius 1 is 0.913 bits per heavy atom. The smallest absolute Gasteiger partial charge is 0.259 e. The Labute approximate surface area is 129 Å². The number of hydrogen-bond acceptors (Lipinski definition) is 2. The van der Waals surface area contributed by atoms with Crippen LogP contribution in [0.1, 0.15) is 5.76 Å². The highest BCUT2D eigenvalue weighted by molar-refractivity contribution is 6.05. The van der Waals surface area contributed by atoms with Crippen LogP contribution >= 0.6 is 0 Å². The van der Waals surface area contributed by atoms with Crippen molar-refractivity contribution in [1.29, 1.82) is 0 Å². The van der Waals surface area contributed by atoms with Crippen molar-refractivity contribution < 1.29 is 13.2 Å². The lowest BCUT2D eigenvalue weighted by molar-refractivity contribution is 0.494. The van der Waals surface area contributed by atoms with Gasteiger partial charge < -0.3 is 8.98 Å². The Bertz CT molecular complexity index is 1080. The van der Waals surface area contributed by atoms with Gasteiger partial charge in [0.15, 0.2) is 0 Å². The van der Waals surface area contributed by atoms with Crippen molar-refractivity contribution in [1.82, 2.24) is 4.57 Å². The van der Waals surface area contributed by atoms with Crippen LogP contribution in [0, 0.1) is 11.6 Å². The third kappa shape index (κ3) is 2.21. The molecule has 23 heavy (non-hydrogen) atoms. The van der Waals surface area contributed by atoms with Crippen molar-refractivity contribution in [3.8, 4) is 0 Å². The topological polar surface area (TPSA) is 35.1 Å². The zero-order valence-corrected chi connectivity index (χ0v) is 11.9. The minimum Gasteiger partial charge on any atom is -0.467 e. The number of furan rings is 1. The number of pyridine rings is 1. The average Bonchev–Trinajstić information content (AvgIpc) is 3.04. The van der Waals surface area contributed by atoms with Crippen LogP contribution < -0.4 is 5.56 Å². The van der Waals surface area contributed by atoms with Crippen LogP contribution in [0.4, 0.5) is 8.78 Å². The molecule has 5 heteroatoms. The third-order valence-corrected chi connectivity index (χ3v) is 3.89. The summed E-state index contributed by atoms with van der Waals surface area (Å²) in [7, 11) is 0. The first-order chi connectivity index (χ1) is 11.1. The SMILES string of the molecule is O=c1c2cc(F)ccc2c2ccc(F)cc2n1Cc1ccco1. The highest BCUT2D eigenvalue weighted by Gasteiger charge is 2.13. The van der Waals surface area contributed by atoms with Gasteiger partial charge in [0.25, 0.3) is 5.56 Å². The molecular weight excluding hydrogens is 300 g/mol. The predicted octanol–water partition coefficient (Wildman–Crippen LogP) is 4.07. The molecule has 2 aromatic carbocycles. The Balaban J connectivity index is 2.14. The lowest BCUT2D eigenvalue weighted by Crippen LogP contribution is -2.21. The molecular formula is C18H11F2NO2. The number of fused-ring (bicyclic) bond motifs is 3. The molecule has 0 aliphatic heterocycles. The summed E-state index contributed by atoms with van der Waals surface area (Å²) < 4.78 is 33.9. The molecule has 0 bridgehead atoms. The van der Waals surface area contributed by atoms with Gasteiger partial charge >= 0.3 is 0 Å². The van der Waals surface area contributed by atoms with Crippen molar-refractivity contribution in [2.45, 2.75) is 6.54 Å². The maximum Gasteiger partial charge on any atom is 0.259 e. The molecule has 0 amide bonds. The van der Waals surface area contributed by atoms with Gasteiger partial charge in [-0.3, -0.25) is 4.79 Å². The van der Waals surface area contributed by atoms with Gasteiger partial charge in [-0.2, -0.15) is 0 Å². The van der Waals surface area contributed by atoms with Crippen LogP contribution in [0.25, 0.3) is 21.7 Å². The maximum absolute atomic E-state index is 13.7. The molecule has 0 saturated carbocycles. The largest absolute Gasteiger partial charge is 0.467 e. The number of hydrogen-bond donors (Lipinski definition) is 0. The summed E-state index contributed by atoms with van der Waals surface area (Å²) in [5.41, 5.74) is 0.0690. The summed E-state index contributed by atoms with van der Waals surface area (Å²) in [5, 5.41) is 1.55. The van der Waals surface area contributed by atoms with E-state index in [0.717, 1.165) is 0 Å². The predicted molar refractivity (Wildman–Crippen MR) is 83.4 cm³/mol. The molecule has 0 saturated heterocycles. The second kappa shape index (κ2) is 5.05. The van der Waals surface area contributed by atoms with Crippen LogP contribution in [0.5, 0.6) is 0 Å². The van der Waals surface area contributed by atoms with E-state index in [4.69, 9.17) is 4.42 Å². The van der Waals surface area contributed by atoms with Crippen LogP contribution in [-0.2, 0) is 6.54 Å². The molecule has 0 radical (unpaired) electrons. The quantitative estimate of drug-likeness (QED) is 0.523.